The molecule has 1 heterocycles. The van der Waals surface area contributed by atoms with Crippen molar-refractivity contribution in [1.29, 1.82) is 0 Å². The van der Waals surface area contributed by atoms with Crippen LogP contribution in [0.5, 0.6) is 17.2 Å². The summed E-state index contributed by atoms with van der Waals surface area (Å²) in [5.74, 6) is 2.45. The Kier molecular flexibility index (Phi) is 6.01. The zero-order valence-electron chi connectivity index (χ0n) is 11.8. The summed E-state index contributed by atoms with van der Waals surface area (Å²) in [6, 6.07) is 4.92. The van der Waals surface area contributed by atoms with E-state index in [0.717, 1.165) is 12.2 Å². The van der Waals surface area contributed by atoms with Crippen LogP contribution in [-0.4, -0.2) is 49.1 Å². The van der Waals surface area contributed by atoms with E-state index in [2.05, 4.69) is 5.32 Å². The normalized spacial score (nSPS) is 13.8. The number of benzene rings is 1. The van der Waals surface area contributed by atoms with Crippen molar-refractivity contribution in [2.45, 2.75) is 12.5 Å². The van der Waals surface area contributed by atoms with Gasteiger partial charge in [0.05, 0.1) is 12.6 Å². The highest BCUT2D eigenvalue weighted by Crippen LogP contribution is 2.34. The molecule has 0 aromatic heterocycles. The lowest BCUT2D eigenvalue weighted by molar-refractivity contribution is -0.124. The molecule has 2 rings (SSSR count). The minimum absolute atomic E-state index is 0.0731. The van der Waals surface area contributed by atoms with Crippen LogP contribution in [0, 0.1) is 0 Å². The van der Waals surface area contributed by atoms with Crippen LogP contribution in [0.15, 0.2) is 18.2 Å². The molecule has 0 saturated heterocycles. The molecule has 116 valence electrons. The van der Waals surface area contributed by atoms with Gasteiger partial charge in [0.15, 0.2) is 18.1 Å². The summed E-state index contributed by atoms with van der Waals surface area (Å²) < 4.78 is 15.8. The van der Waals surface area contributed by atoms with Crippen LogP contribution in [0.2, 0.25) is 0 Å². The third kappa shape index (κ3) is 4.71. The van der Waals surface area contributed by atoms with Gasteiger partial charge >= 0.3 is 0 Å². The van der Waals surface area contributed by atoms with Crippen molar-refractivity contribution in [3.8, 4) is 17.2 Å². The summed E-state index contributed by atoms with van der Waals surface area (Å²) in [6.45, 7) is 0.0264. The van der Waals surface area contributed by atoms with Gasteiger partial charge in [0.2, 0.25) is 6.79 Å². The first kappa shape index (κ1) is 15.8. The van der Waals surface area contributed by atoms with Gasteiger partial charge in [-0.25, -0.2) is 0 Å². The Labute approximate surface area is 127 Å². The fourth-order valence-electron chi connectivity index (χ4n) is 1.85. The largest absolute Gasteiger partial charge is 0.484 e. The number of nitrogens with one attached hydrogen (secondary N) is 1. The number of rotatable bonds is 8. The fraction of sp³-hybridized carbons (Fsp3) is 0.500. The lowest BCUT2D eigenvalue weighted by Gasteiger charge is -2.16. The lowest BCUT2D eigenvalue weighted by Crippen LogP contribution is -2.40. The number of aliphatic hydroxyl groups excluding tert-OH is 1. The van der Waals surface area contributed by atoms with Crippen LogP contribution in [0.25, 0.3) is 0 Å². The van der Waals surface area contributed by atoms with E-state index in [1.54, 1.807) is 30.0 Å². The maximum Gasteiger partial charge on any atom is 0.258 e. The Morgan fingerprint density at radius 2 is 2.29 bits per heavy atom. The first-order chi connectivity index (χ1) is 10.2. The zero-order valence-corrected chi connectivity index (χ0v) is 12.6. The minimum Gasteiger partial charge on any atom is -0.484 e. The van der Waals surface area contributed by atoms with Crippen molar-refractivity contribution in [1.82, 2.24) is 5.32 Å². The van der Waals surface area contributed by atoms with E-state index >= 15 is 0 Å². The van der Waals surface area contributed by atoms with Crippen LogP contribution in [0.4, 0.5) is 0 Å². The number of amides is 1. The van der Waals surface area contributed by atoms with Gasteiger partial charge in [0.25, 0.3) is 5.91 Å². The molecule has 2 N–H and O–H groups in total. The molecule has 0 aliphatic carbocycles. The van der Waals surface area contributed by atoms with Crippen molar-refractivity contribution in [2.24, 2.45) is 0 Å². The molecule has 1 amide bonds. The Balaban J connectivity index is 1.78. The van der Waals surface area contributed by atoms with Gasteiger partial charge < -0.3 is 24.6 Å². The van der Waals surface area contributed by atoms with Crippen LogP contribution < -0.4 is 19.5 Å². The molecule has 0 radical (unpaired) electrons. The van der Waals surface area contributed by atoms with Crippen molar-refractivity contribution in [3.05, 3.63) is 18.2 Å². The summed E-state index contributed by atoms with van der Waals surface area (Å²) in [4.78, 5) is 11.8. The van der Waals surface area contributed by atoms with Crippen LogP contribution >= 0.6 is 11.8 Å². The van der Waals surface area contributed by atoms with Crippen LogP contribution in [0.1, 0.15) is 6.42 Å². The van der Waals surface area contributed by atoms with E-state index in [1.807, 2.05) is 6.26 Å². The molecular weight excluding hydrogens is 294 g/mol. The minimum atomic E-state index is -0.257. The number of fused-ring (bicyclic) bond motifs is 1. The molecule has 0 unspecified atom stereocenters. The van der Waals surface area contributed by atoms with E-state index < -0.39 is 0 Å². The van der Waals surface area contributed by atoms with Gasteiger partial charge in [-0.2, -0.15) is 11.8 Å². The second-order valence-electron chi connectivity index (χ2n) is 4.53. The molecule has 0 bridgehead atoms. The second kappa shape index (κ2) is 7.99. The summed E-state index contributed by atoms with van der Waals surface area (Å²) >= 11 is 1.67. The Hall–Kier alpha value is -1.60. The smallest absolute Gasteiger partial charge is 0.258 e. The quantitative estimate of drug-likeness (QED) is 0.746. The Morgan fingerprint density at radius 1 is 1.48 bits per heavy atom. The number of carbonyl (C=O) groups excluding carboxylic acids is 1. The molecule has 6 nitrogen and oxygen atoms in total. The summed E-state index contributed by atoms with van der Waals surface area (Å²) in [6.07, 6.45) is 2.71. The van der Waals surface area contributed by atoms with Gasteiger partial charge in [0, 0.05) is 6.07 Å². The van der Waals surface area contributed by atoms with Gasteiger partial charge in [-0.3, -0.25) is 4.79 Å². The molecule has 1 aromatic carbocycles. The highest BCUT2D eigenvalue weighted by atomic mass is 32.2. The standard InChI is InChI=1S/C14H19NO5S/c1-21-5-4-10(7-16)15-14(17)8-18-11-2-3-12-13(6-11)20-9-19-12/h2-3,6,10,16H,4-5,7-9H2,1H3,(H,15,17)/t10-/m1/s1. The molecule has 0 fully saturated rings. The van der Waals surface area contributed by atoms with Gasteiger partial charge in [-0.1, -0.05) is 0 Å². The monoisotopic (exact) mass is 313 g/mol. The molecular formula is C14H19NO5S. The zero-order chi connectivity index (χ0) is 15.1. The molecule has 1 aromatic rings. The molecule has 21 heavy (non-hydrogen) atoms. The Bertz CT molecular complexity index is 482. The highest BCUT2D eigenvalue weighted by molar-refractivity contribution is 7.98. The van der Waals surface area contributed by atoms with Crippen molar-refractivity contribution < 1.29 is 24.1 Å². The number of aliphatic hydroxyl groups is 1. The lowest BCUT2D eigenvalue weighted by atomic mass is 10.2. The topological polar surface area (TPSA) is 77.0 Å². The maximum absolute atomic E-state index is 11.8. The van der Waals surface area contributed by atoms with Gasteiger partial charge in [-0.15, -0.1) is 0 Å². The predicted molar refractivity (Wildman–Crippen MR) is 80.1 cm³/mol. The third-order valence-corrected chi connectivity index (χ3v) is 3.61. The Morgan fingerprint density at radius 3 is 3.05 bits per heavy atom. The average molecular weight is 313 g/mol. The second-order valence-corrected chi connectivity index (χ2v) is 5.52. The number of thioether (sulfide) groups is 1. The van der Waals surface area contributed by atoms with E-state index in [1.165, 1.54) is 0 Å². The van der Waals surface area contributed by atoms with Crippen LogP contribution in [0.3, 0.4) is 0 Å². The van der Waals surface area contributed by atoms with Gasteiger partial charge in [-0.05, 0) is 30.6 Å². The predicted octanol–water partition coefficient (Wildman–Crippen LogP) is 1.02. The van der Waals surface area contributed by atoms with Crippen LogP contribution in [-0.2, 0) is 4.79 Å². The van der Waals surface area contributed by atoms with E-state index in [-0.39, 0.29) is 32.0 Å². The maximum atomic E-state index is 11.8. The SMILES string of the molecule is CSCC[C@H](CO)NC(=O)COc1ccc2c(c1)OCO2. The molecule has 0 saturated carbocycles. The van der Waals surface area contributed by atoms with E-state index in [4.69, 9.17) is 14.2 Å². The number of carbonyl (C=O) groups is 1. The third-order valence-electron chi connectivity index (χ3n) is 2.97. The molecule has 7 heteroatoms. The fourth-order valence-corrected chi connectivity index (χ4v) is 2.37. The number of hydrogen-bond donors (Lipinski definition) is 2. The molecule has 1 aliphatic rings. The highest BCUT2D eigenvalue weighted by Gasteiger charge is 2.15. The van der Waals surface area contributed by atoms with Crippen molar-refractivity contribution >= 4 is 17.7 Å². The first-order valence-corrected chi connectivity index (χ1v) is 8.04. The number of hydrogen-bond acceptors (Lipinski definition) is 6. The van der Waals surface area contributed by atoms with Crippen molar-refractivity contribution in [2.75, 3.05) is 32.0 Å². The summed E-state index contributed by atoms with van der Waals surface area (Å²) in [7, 11) is 0. The van der Waals surface area contributed by atoms with Gasteiger partial charge in [0.1, 0.15) is 5.75 Å². The number of ether oxygens (including phenoxy) is 3. The van der Waals surface area contributed by atoms with E-state index in [9.17, 15) is 9.90 Å². The molecule has 1 atom stereocenters. The average Bonchev–Trinajstić information content (AvgIpc) is 2.96. The summed E-state index contributed by atoms with van der Waals surface area (Å²) in [5, 5.41) is 11.9. The van der Waals surface area contributed by atoms with E-state index in [0.29, 0.717) is 17.2 Å². The molecule has 1 aliphatic heterocycles. The van der Waals surface area contributed by atoms with Crippen molar-refractivity contribution in [3.63, 3.8) is 0 Å². The first-order valence-electron chi connectivity index (χ1n) is 6.64. The summed E-state index contributed by atoms with van der Waals surface area (Å²) in [5.41, 5.74) is 0. The molecule has 0 spiro atoms.